The van der Waals surface area contributed by atoms with Gasteiger partial charge in [0.2, 0.25) is 0 Å². The number of aryl methyl sites for hydroxylation is 1. The molecule has 0 N–H and O–H groups in total. The van der Waals surface area contributed by atoms with E-state index in [1.54, 1.807) is 36.4 Å². The maximum Gasteiger partial charge on any atom is 0.264 e. The molecular weight excluding hydrogens is 434 g/mol. The van der Waals surface area contributed by atoms with Crippen molar-refractivity contribution in [1.29, 1.82) is 0 Å². The SMILES string of the molecule is Cc1cccc(CN2CCN(C(=O)c3ccc(S(=O)(=O)N(C)c4ccccc4)cc3)CC2)c1. The quantitative estimate of drug-likeness (QED) is 0.558. The molecule has 0 saturated carbocycles. The molecule has 4 rings (SSSR count). The number of hydrogen-bond acceptors (Lipinski definition) is 4. The second kappa shape index (κ2) is 9.77. The number of sulfonamides is 1. The van der Waals surface area contributed by atoms with Crippen molar-refractivity contribution in [2.24, 2.45) is 0 Å². The Kier molecular flexibility index (Phi) is 6.81. The van der Waals surface area contributed by atoms with Crippen LogP contribution in [0.1, 0.15) is 21.5 Å². The molecule has 0 radical (unpaired) electrons. The fourth-order valence-electron chi connectivity index (χ4n) is 4.06. The smallest absolute Gasteiger partial charge is 0.264 e. The van der Waals surface area contributed by atoms with Crippen LogP contribution in [0.3, 0.4) is 0 Å². The summed E-state index contributed by atoms with van der Waals surface area (Å²) in [6.07, 6.45) is 0. The zero-order valence-corrected chi connectivity index (χ0v) is 19.8. The van der Waals surface area contributed by atoms with Gasteiger partial charge in [0.05, 0.1) is 10.6 Å². The summed E-state index contributed by atoms with van der Waals surface area (Å²) >= 11 is 0. The average Bonchev–Trinajstić information content (AvgIpc) is 2.84. The van der Waals surface area contributed by atoms with E-state index in [-0.39, 0.29) is 10.8 Å². The second-order valence-electron chi connectivity index (χ2n) is 8.39. The van der Waals surface area contributed by atoms with Crippen LogP contribution in [0.4, 0.5) is 5.69 Å². The fraction of sp³-hybridized carbons (Fsp3) is 0.269. The molecule has 1 amide bonds. The highest BCUT2D eigenvalue weighted by Crippen LogP contribution is 2.22. The van der Waals surface area contributed by atoms with Gasteiger partial charge in [0, 0.05) is 45.3 Å². The van der Waals surface area contributed by atoms with Crippen molar-refractivity contribution in [3.8, 4) is 0 Å². The average molecular weight is 464 g/mol. The van der Waals surface area contributed by atoms with Crippen molar-refractivity contribution in [3.63, 3.8) is 0 Å². The molecule has 1 fully saturated rings. The van der Waals surface area contributed by atoms with E-state index in [0.717, 1.165) is 19.6 Å². The third-order valence-corrected chi connectivity index (χ3v) is 7.83. The van der Waals surface area contributed by atoms with Crippen molar-refractivity contribution in [1.82, 2.24) is 9.80 Å². The summed E-state index contributed by atoms with van der Waals surface area (Å²) in [5.74, 6) is -0.0643. The van der Waals surface area contributed by atoms with Crippen molar-refractivity contribution < 1.29 is 13.2 Å². The normalized spacial score (nSPS) is 14.8. The second-order valence-corrected chi connectivity index (χ2v) is 10.4. The van der Waals surface area contributed by atoms with E-state index in [1.807, 2.05) is 11.0 Å². The maximum absolute atomic E-state index is 13.0. The highest BCUT2D eigenvalue weighted by atomic mass is 32.2. The molecule has 1 heterocycles. The van der Waals surface area contributed by atoms with E-state index in [1.165, 1.54) is 34.6 Å². The highest BCUT2D eigenvalue weighted by Gasteiger charge is 2.24. The Hall–Kier alpha value is -3.16. The Balaban J connectivity index is 1.38. The Bertz CT molecular complexity index is 1200. The standard InChI is InChI=1S/C26H29N3O3S/c1-21-7-6-8-22(19-21)20-28-15-17-29(18-16-28)26(30)23-11-13-25(14-12-23)33(31,32)27(2)24-9-4-3-5-10-24/h3-14,19H,15-18,20H2,1-2H3. The van der Waals surface area contributed by atoms with Gasteiger partial charge < -0.3 is 4.90 Å². The molecule has 0 atom stereocenters. The zero-order valence-electron chi connectivity index (χ0n) is 19.0. The summed E-state index contributed by atoms with van der Waals surface area (Å²) in [6, 6.07) is 23.6. The number of amides is 1. The molecule has 0 unspecified atom stereocenters. The van der Waals surface area contributed by atoms with Crippen LogP contribution < -0.4 is 4.31 Å². The van der Waals surface area contributed by atoms with E-state index in [2.05, 4.69) is 36.1 Å². The number of para-hydroxylation sites is 1. The number of hydrogen-bond donors (Lipinski definition) is 0. The predicted molar refractivity (Wildman–Crippen MR) is 131 cm³/mol. The molecule has 0 spiro atoms. The van der Waals surface area contributed by atoms with Crippen LogP contribution in [0.25, 0.3) is 0 Å². The van der Waals surface area contributed by atoms with Crippen LogP contribution in [0.2, 0.25) is 0 Å². The Morgan fingerprint density at radius 2 is 1.55 bits per heavy atom. The van der Waals surface area contributed by atoms with Gasteiger partial charge in [0.25, 0.3) is 15.9 Å². The number of anilines is 1. The minimum Gasteiger partial charge on any atom is -0.336 e. The molecule has 0 aliphatic carbocycles. The van der Waals surface area contributed by atoms with Crippen LogP contribution in [-0.2, 0) is 16.6 Å². The molecule has 1 aliphatic heterocycles. The van der Waals surface area contributed by atoms with Crippen molar-refractivity contribution >= 4 is 21.6 Å². The number of nitrogens with zero attached hydrogens (tertiary/aromatic N) is 3. The first-order valence-corrected chi connectivity index (χ1v) is 12.5. The number of piperazine rings is 1. The van der Waals surface area contributed by atoms with Gasteiger partial charge >= 0.3 is 0 Å². The minimum atomic E-state index is -3.70. The van der Waals surface area contributed by atoms with Crippen molar-refractivity contribution in [2.75, 3.05) is 37.5 Å². The van der Waals surface area contributed by atoms with Crippen LogP contribution in [0, 0.1) is 6.92 Å². The third-order valence-electron chi connectivity index (χ3n) is 6.03. The third kappa shape index (κ3) is 5.26. The molecule has 0 bridgehead atoms. The summed E-state index contributed by atoms with van der Waals surface area (Å²) in [4.78, 5) is 17.3. The monoisotopic (exact) mass is 463 g/mol. The molecular formula is C26H29N3O3S. The van der Waals surface area contributed by atoms with Gasteiger partial charge in [-0.1, -0.05) is 48.0 Å². The van der Waals surface area contributed by atoms with Gasteiger partial charge in [-0.15, -0.1) is 0 Å². The van der Waals surface area contributed by atoms with Crippen molar-refractivity contribution in [2.45, 2.75) is 18.4 Å². The predicted octanol–water partition coefficient (Wildman–Crippen LogP) is 3.78. The molecule has 0 aromatic heterocycles. The molecule has 1 aliphatic rings. The molecule has 3 aromatic carbocycles. The lowest BCUT2D eigenvalue weighted by molar-refractivity contribution is 0.0628. The van der Waals surface area contributed by atoms with Gasteiger partial charge in [-0.3, -0.25) is 14.0 Å². The zero-order chi connectivity index (χ0) is 23.4. The first-order chi connectivity index (χ1) is 15.8. The molecule has 33 heavy (non-hydrogen) atoms. The van der Waals surface area contributed by atoms with Gasteiger partial charge in [0.15, 0.2) is 0 Å². The van der Waals surface area contributed by atoms with Crippen LogP contribution in [-0.4, -0.2) is 57.4 Å². The Morgan fingerprint density at radius 1 is 0.879 bits per heavy atom. The van der Waals surface area contributed by atoms with Crippen LogP contribution in [0.15, 0.2) is 83.8 Å². The van der Waals surface area contributed by atoms with E-state index < -0.39 is 10.0 Å². The summed E-state index contributed by atoms with van der Waals surface area (Å²) in [6.45, 7) is 5.91. The summed E-state index contributed by atoms with van der Waals surface area (Å²) < 4.78 is 27.1. The minimum absolute atomic E-state index is 0.0643. The van der Waals surface area contributed by atoms with Gasteiger partial charge in [0.1, 0.15) is 0 Å². The van der Waals surface area contributed by atoms with Crippen LogP contribution in [0.5, 0.6) is 0 Å². The number of benzene rings is 3. The molecule has 1 saturated heterocycles. The van der Waals surface area contributed by atoms with Crippen molar-refractivity contribution in [3.05, 3.63) is 95.6 Å². The summed E-state index contributed by atoms with van der Waals surface area (Å²) in [5, 5.41) is 0. The van der Waals surface area contributed by atoms with Gasteiger partial charge in [-0.2, -0.15) is 0 Å². The topological polar surface area (TPSA) is 60.9 Å². The lowest BCUT2D eigenvalue weighted by Gasteiger charge is -2.35. The maximum atomic E-state index is 13.0. The molecule has 3 aromatic rings. The molecule has 7 heteroatoms. The number of rotatable bonds is 6. The highest BCUT2D eigenvalue weighted by molar-refractivity contribution is 7.92. The van der Waals surface area contributed by atoms with E-state index in [4.69, 9.17) is 0 Å². The van der Waals surface area contributed by atoms with E-state index in [9.17, 15) is 13.2 Å². The fourth-order valence-corrected chi connectivity index (χ4v) is 5.26. The summed E-state index contributed by atoms with van der Waals surface area (Å²) in [7, 11) is -2.17. The van der Waals surface area contributed by atoms with Gasteiger partial charge in [-0.25, -0.2) is 8.42 Å². The largest absolute Gasteiger partial charge is 0.336 e. The first-order valence-electron chi connectivity index (χ1n) is 11.1. The van der Waals surface area contributed by atoms with Crippen LogP contribution >= 0.6 is 0 Å². The number of carbonyl (C=O) groups excluding carboxylic acids is 1. The summed E-state index contributed by atoms with van der Waals surface area (Å²) in [5.41, 5.74) is 3.62. The Labute approximate surface area is 196 Å². The van der Waals surface area contributed by atoms with E-state index >= 15 is 0 Å². The lowest BCUT2D eigenvalue weighted by atomic mass is 10.1. The van der Waals surface area contributed by atoms with E-state index in [0.29, 0.717) is 24.3 Å². The first kappa shape index (κ1) is 23.0. The number of carbonyl (C=O) groups is 1. The molecule has 6 nitrogen and oxygen atoms in total. The Morgan fingerprint density at radius 3 is 2.18 bits per heavy atom. The van der Waals surface area contributed by atoms with Gasteiger partial charge in [-0.05, 0) is 48.9 Å². The lowest BCUT2D eigenvalue weighted by Crippen LogP contribution is -2.48. The molecule has 172 valence electrons.